The third-order valence-electron chi connectivity index (χ3n) is 2.36. The smallest absolute Gasteiger partial charge is 0.208 e. The Kier molecular flexibility index (Phi) is 3.54. The summed E-state index contributed by atoms with van der Waals surface area (Å²) in [5.74, 6) is 0.484. The minimum atomic E-state index is -3.59. The third-order valence-corrected chi connectivity index (χ3v) is 4.32. The van der Waals surface area contributed by atoms with Crippen LogP contribution >= 0.6 is 11.6 Å². The van der Waals surface area contributed by atoms with Gasteiger partial charge in [0.1, 0.15) is 10.9 Å². The van der Waals surface area contributed by atoms with Crippen LogP contribution in [0.4, 0.5) is 0 Å². The number of pyridine rings is 1. The van der Waals surface area contributed by atoms with E-state index in [9.17, 15) is 8.42 Å². The molecule has 6 heteroatoms. The predicted molar refractivity (Wildman–Crippen MR) is 67.7 cm³/mol. The molecule has 0 radical (unpaired) electrons. The Morgan fingerprint density at radius 2 is 1.94 bits per heavy atom. The van der Waals surface area contributed by atoms with Crippen molar-refractivity contribution in [1.29, 1.82) is 0 Å². The second-order valence-corrected chi connectivity index (χ2v) is 5.84. The van der Waals surface area contributed by atoms with Crippen molar-refractivity contribution in [3.63, 3.8) is 0 Å². The van der Waals surface area contributed by atoms with E-state index in [1.807, 2.05) is 0 Å². The largest absolute Gasteiger partial charge is 0.497 e. The molecule has 0 aliphatic rings. The lowest BCUT2D eigenvalue weighted by molar-refractivity contribution is 0.413. The summed E-state index contributed by atoms with van der Waals surface area (Å²) in [5, 5.41) is 0.250. The van der Waals surface area contributed by atoms with Gasteiger partial charge in [-0.2, -0.15) is 0 Å². The monoisotopic (exact) mass is 283 g/mol. The van der Waals surface area contributed by atoms with Gasteiger partial charge in [0.25, 0.3) is 0 Å². The Hall–Kier alpha value is -1.59. The lowest BCUT2D eigenvalue weighted by Crippen LogP contribution is -2.02. The molecule has 0 bridgehead atoms. The zero-order valence-corrected chi connectivity index (χ0v) is 11.1. The molecule has 94 valence electrons. The van der Waals surface area contributed by atoms with Crippen LogP contribution in [-0.4, -0.2) is 20.5 Å². The second kappa shape index (κ2) is 4.96. The quantitative estimate of drug-likeness (QED) is 0.813. The molecule has 4 nitrogen and oxygen atoms in total. The van der Waals surface area contributed by atoms with Crippen LogP contribution in [-0.2, 0) is 9.84 Å². The molecule has 2 aromatic rings. The number of aromatic nitrogens is 1. The van der Waals surface area contributed by atoms with E-state index < -0.39 is 9.84 Å². The third kappa shape index (κ3) is 2.47. The molecule has 2 rings (SSSR count). The van der Waals surface area contributed by atoms with E-state index in [0.29, 0.717) is 5.75 Å². The molecule has 0 saturated heterocycles. The number of nitrogens with zero attached hydrogens (tertiary/aromatic N) is 1. The van der Waals surface area contributed by atoms with Crippen LogP contribution in [0.15, 0.2) is 52.4 Å². The van der Waals surface area contributed by atoms with Gasteiger partial charge in [0.2, 0.25) is 9.84 Å². The summed E-state index contributed by atoms with van der Waals surface area (Å²) in [5.41, 5.74) is 0. The van der Waals surface area contributed by atoms with E-state index in [1.54, 1.807) is 12.1 Å². The molecule has 0 atom stereocenters. The molecule has 0 unspecified atom stereocenters. The minimum Gasteiger partial charge on any atom is -0.497 e. The van der Waals surface area contributed by atoms with Gasteiger partial charge in [-0.1, -0.05) is 17.7 Å². The Morgan fingerprint density at radius 3 is 2.56 bits per heavy atom. The van der Waals surface area contributed by atoms with Gasteiger partial charge in [0.15, 0.2) is 0 Å². The first-order valence-electron chi connectivity index (χ1n) is 5.05. The van der Waals surface area contributed by atoms with Crippen molar-refractivity contribution in [3.05, 3.63) is 47.7 Å². The SMILES string of the molecule is COc1cccc(S(=O)(=O)c2ccc(Cl)nc2)c1. The van der Waals surface area contributed by atoms with Gasteiger partial charge in [-0.25, -0.2) is 13.4 Å². The van der Waals surface area contributed by atoms with Gasteiger partial charge < -0.3 is 4.74 Å². The van der Waals surface area contributed by atoms with Crippen LogP contribution in [0.2, 0.25) is 5.15 Å². The van der Waals surface area contributed by atoms with Crippen molar-refractivity contribution in [1.82, 2.24) is 4.98 Å². The normalized spacial score (nSPS) is 11.2. The fourth-order valence-corrected chi connectivity index (χ4v) is 2.78. The van der Waals surface area contributed by atoms with Crippen LogP contribution < -0.4 is 4.74 Å². The molecule has 0 fully saturated rings. The van der Waals surface area contributed by atoms with E-state index in [4.69, 9.17) is 16.3 Å². The highest BCUT2D eigenvalue weighted by molar-refractivity contribution is 7.91. The molecule has 18 heavy (non-hydrogen) atoms. The fourth-order valence-electron chi connectivity index (χ4n) is 1.43. The number of benzene rings is 1. The van der Waals surface area contributed by atoms with E-state index in [-0.39, 0.29) is 14.9 Å². The second-order valence-electron chi connectivity index (χ2n) is 3.50. The van der Waals surface area contributed by atoms with Crippen molar-refractivity contribution in [2.45, 2.75) is 9.79 Å². The first-order chi connectivity index (χ1) is 8.54. The van der Waals surface area contributed by atoms with Crippen LogP contribution in [0.3, 0.4) is 0 Å². The Bertz CT molecular complexity index is 653. The summed E-state index contributed by atoms with van der Waals surface area (Å²) in [6.45, 7) is 0. The molecule has 1 heterocycles. The first-order valence-corrected chi connectivity index (χ1v) is 6.91. The molecular weight excluding hydrogens is 274 g/mol. The molecule has 0 aliphatic carbocycles. The van der Waals surface area contributed by atoms with Gasteiger partial charge in [0, 0.05) is 6.20 Å². The number of halogens is 1. The first kappa shape index (κ1) is 12.9. The highest BCUT2D eigenvalue weighted by atomic mass is 35.5. The highest BCUT2D eigenvalue weighted by Gasteiger charge is 2.18. The van der Waals surface area contributed by atoms with Crippen molar-refractivity contribution in [2.24, 2.45) is 0 Å². The number of ether oxygens (including phenoxy) is 1. The Morgan fingerprint density at radius 1 is 1.17 bits per heavy atom. The average molecular weight is 284 g/mol. The summed E-state index contributed by atoms with van der Waals surface area (Å²) >= 11 is 5.63. The maximum atomic E-state index is 12.3. The van der Waals surface area contributed by atoms with Crippen molar-refractivity contribution >= 4 is 21.4 Å². The van der Waals surface area contributed by atoms with Gasteiger partial charge >= 0.3 is 0 Å². The minimum absolute atomic E-state index is 0.0974. The van der Waals surface area contributed by atoms with Gasteiger partial charge in [-0.15, -0.1) is 0 Å². The highest BCUT2D eigenvalue weighted by Crippen LogP contribution is 2.24. The summed E-state index contributed by atoms with van der Waals surface area (Å²) < 4.78 is 29.6. The maximum Gasteiger partial charge on any atom is 0.208 e. The van der Waals surface area contributed by atoms with Crippen LogP contribution in [0.5, 0.6) is 5.75 Å². The summed E-state index contributed by atoms with van der Waals surface area (Å²) in [6.07, 6.45) is 1.23. The molecule has 0 spiro atoms. The van der Waals surface area contributed by atoms with Crippen molar-refractivity contribution in [3.8, 4) is 5.75 Å². The number of methoxy groups -OCH3 is 1. The maximum absolute atomic E-state index is 12.3. The van der Waals surface area contributed by atoms with Crippen molar-refractivity contribution < 1.29 is 13.2 Å². The number of hydrogen-bond acceptors (Lipinski definition) is 4. The van der Waals surface area contributed by atoms with E-state index in [1.165, 1.54) is 37.6 Å². The molecule has 1 aromatic carbocycles. The number of rotatable bonds is 3. The zero-order chi connectivity index (χ0) is 13.2. The fraction of sp³-hybridized carbons (Fsp3) is 0.0833. The number of sulfone groups is 1. The summed E-state index contributed by atoms with van der Waals surface area (Å²) in [7, 11) is -2.11. The van der Waals surface area contributed by atoms with Gasteiger partial charge in [-0.3, -0.25) is 0 Å². The van der Waals surface area contributed by atoms with E-state index >= 15 is 0 Å². The zero-order valence-electron chi connectivity index (χ0n) is 9.50. The molecule has 1 aromatic heterocycles. The van der Waals surface area contributed by atoms with Crippen LogP contribution in [0.1, 0.15) is 0 Å². The lowest BCUT2D eigenvalue weighted by atomic mass is 10.3. The molecular formula is C12H10ClNO3S. The average Bonchev–Trinajstić information content (AvgIpc) is 2.39. The molecule has 0 saturated carbocycles. The summed E-state index contributed by atoms with van der Waals surface area (Å²) in [6, 6.07) is 9.13. The topological polar surface area (TPSA) is 56.3 Å². The Labute approximate surface area is 110 Å². The predicted octanol–water partition coefficient (Wildman–Crippen LogP) is 2.58. The summed E-state index contributed by atoms with van der Waals surface area (Å²) in [4.78, 5) is 4.02. The van der Waals surface area contributed by atoms with Crippen LogP contribution in [0.25, 0.3) is 0 Å². The van der Waals surface area contributed by atoms with Gasteiger partial charge in [0.05, 0.1) is 16.9 Å². The lowest BCUT2D eigenvalue weighted by Gasteiger charge is -2.06. The van der Waals surface area contributed by atoms with E-state index in [2.05, 4.69) is 4.98 Å². The number of hydrogen-bond donors (Lipinski definition) is 0. The molecule has 0 amide bonds. The van der Waals surface area contributed by atoms with E-state index in [0.717, 1.165) is 0 Å². The Balaban J connectivity index is 2.50. The standard InChI is InChI=1S/C12H10ClNO3S/c1-17-9-3-2-4-10(7-9)18(15,16)11-5-6-12(13)14-8-11/h2-8H,1H3. The molecule has 0 N–H and O–H groups in total. The van der Waals surface area contributed by atoms with Gasteiger partial charge in [-0.05, 0) is 30.3 Å². The van der Waals surface area contributed by atoms with Crippen LogP contribution in [0, 0.1) is 0 Å². The van der Waals surface area contributed by atoms with Crippen molar-refractivity contribution in [2.75, 3.05) is 7.11 Å². The molecule has 0 aliphatic heterocycles.